The SMILES string of the molecule is CC1CCCC1.C[N+]1=CCC=C1. The standard InChI is InChI=1S/C6H12.C5H8N/c2*1-6-4-2-3-5-6/h6H,2-5H2,1H3;2,4-5H,3H2,1H3/q;+1. The van der Waals surface area contributed by atoms with Gasteiger partial charge in [0.1, 0.15) is 13.3 Å². The lowest BCUT2D eigenvalue weighted by atomic mass is 10.2. The first-order valence-electron chi connectivity index (χ1n) is 5.01. The fourth-order valence-corrected chi connectivity index (χ4v) is 1.65. The van der Waals surface area contributed by atoms with Crippen LogP contribution in [0.1, 0.15) is 39.0 Å². The third-order valence-electron chi connectivity index (χ3n) is 2.51. The molecular formula is C11H20N+. The van der Waals surface area contributed by atoms with Crippen LogP contribution in [0.15, 0.2) is 12.3 Å². The van der Waals surface area contributed by atoms with Crippen molar-refractivity contribution in [2.45, 2.75) is 39.0 Å². The Morgan fingerprint density at radius 2 is 1.92 bits per heavy atom. The predicted molar refractivity (Wildman–Crippen MR) is 53.6 cm³/mol. The molecule has 0 radical (unpaired) electrons. The monoisotopic (exact) mass is 166 g/mol. The highest BCUT2D eigenvalue weighted by Crippen LogP contribution is 2.22. The second-order valence-corrected chi connectivity index (χ2v) is 3.86. The molecule has 0 bridgehead atoms. The summed E-state index contributed by atoms with van der Waals surface area (Å²) < 4.78 is 2.06. The summed E-state index contributed by atoms with van der Waals surface area (Å²) in [5, 5.41) is 0. The van der Waals surface area contributed by atoms with Crippen LogP contribution in [0.2, 0.25) is 0 Å². The maximum atomic E-state index is 2.34. The van der Waals surface area contributed by atoms with Crippen molar-refractivity contribution in [2.75, 3.05) is 7.05 Å². The Bertz CT molecular complexity index is 171. The van der Waals surface area contributed by atoms with Gasteiger partial charge < -0.3 is 0 Å². The van der Waals surface area contributed by atoms with Gasteiger partial charge >= 0.3 is 0 Å². The minimum atomic E-state index is 1.05. The van der Waals surface area contributed by atoms with Crippen molar-refractivity contribution < 1.29 is 4.58 Å². The third kappa shape index (κ3) is 3.70. The lowest BCUT2D eigenvalue weighted by Gasteiger charge is -1.91. The number of nitrogens with zero attached hydrogens (tertiary/aromatic N) is 1. The molecule has 1 heteroatoms. The summed E-state index contributed by atoms with van der Waals surface area (Å²) in [6, 6.07) is 0. The maximum Gasteiger partial charge on any atom is 0.164 e. The Morgan fingerprint density at radius 1 is 1.25 bits per heavy atom. The minimum Gasteiger partial charge on any atom is -0.212 e. The van der Waals surface area contributed by atoms with Crippen LogP contribution in [-0.2, 0) is 0 Å². The quantitative estimate of drug-likeness (QED) is 0.487. The molecule has 1 nitrogen and oxygen atoms in total. The molecule has 0 amide bonds. The van der Waals surface area contributed by atoms with Crippen molar-refractivity contribution in [1.29, 1.82) is 0 Å². The van der Waals surface area contributed by atoms with E-state index in [4.69, 9.17) is 0 Å². The highest BCUT2D eigenvalue weighted by atomic mass is 14.9. The molecule has 1 heterocycles. The highest BCUT2D eigenvalue weighted by molar-refractivity contribution is 5.55. The molecule has 1 aliphatic heterocycles. The Morgan fingerprint density at radius 3 is 2.08 bits per heavy atom. The number of hydrogen-bond donors (Lipinski definition) is 0. The van der Waals surface area contributed by atoms with Gasteiger partial charge in [-0.25, -0.2) is 4.58 Å². The smallest absolute Gasteiger partial charge is 0.164 e. The van der Waals surface area contributed by atoms with E-state index in [0.29, 0.717) is 0 Å². The molecule has 0 atom stereocenters. The van der Waals surface area contributed by atoms with Crippen LogP contribution in [0.5, 0.6) is 0 Å². The zero-order valence-corrected chi connectivity index (χ0v) is 8.29. The van der Waals surface area contributed by atoms with Gasteiger partial charge in [0, 0.05) is 6.42 Å². The van der Waals surface area contributed by atoms with Gasteiger partial charge in [0.05, 0.1) is 0 Å². The Kier molecular flexibility index (Phi) is 4.06. The van der Waals surface area contributed by atoms with Gasteiger partial charge in [0.2, 0.25) is 0 Å². The highest BCUT2D eigenvalue weighted by Gasteiger charge is 2.07. The van der Waals surface area contributed by atoms with Gasteiger partial charge in [-0.3, -0.25) is 0 Å². The van der Waals surface area contributed by atoms with Gasteiger partial charge in [-0.2, -0.15) is 0 Å². The van der Waals surface area contributed by atoms with Crippen LogP contribution in [0.25, 0.3) is 0 Å². The van der Waals surface area contributed by atoms with E-state index in [9.17, 15) is 0 Å². The molecule has 1 fully saturated rings. The normalized spacial score (nSPS) is 22.0. The summed E-state index contributed by atoms with van der Waals surface area (Å²) in [5.41, 5.74) is 0. The second kappa shape index (κ2) is 5.13. The molecule has 2 rings (SSSR count). The molecule has 1 aliphatic carbocycles. The minimum absolute atomic E-state index is 1.05. The Labute approximate surface area is 75.8 Å². The zero-order chi connectivity index (χ0) is 8.81. The first-order valence-corrected chi connectivity index (χ1v) is 5.01. The predicted octanol–water partition coefficient (Wildman–Crippen LogP) is 2.81. The molecule has 0 aromatic rings. The van der Waals surface area contributed by atoms with Crippen molar-refractivity contribution in [3.8, 4) is 0 Å². The third-order valence-corrected chi connectivity index (χ3v) is 2.51. The molecular weight excluding hydrogens is 146 g/mol. The van der Waals surface area contributed by atoms with Gasteiger partial charge in [-0.1, -0.05) is 32.6 Å². The molecule has 12 heavy (non-hydrogen) atoms. The van der Waals surface area contributed by atoms with Gasteiger partial charge in [0.15, 0.2) is 6.20 Å². The van der Waals surface area contributed by atoms with E-state index in [0.717, 1.165) is 12.3 Å². The first-order chi connectivity index (χ1) is 5.79. The average molecular weight is 166 g/mol. The van der Waals surface area contributed by atoms with Crippen LogP contribution >= 0.6 is 0 Å². The largest absolute Gasteiger partial charge is 0.212 e. The van der Waals surface area contributed by atoms with E-state index in [1.54, 1.807) is 0 Å². The van der Waals surface area contributed by atoms with Crippen molar-refractivity contribution in [2.24, 2.45) is 5.92 Å². The first kappa shape index (κ1) is 9.50. The molecule has 0 aromatic heterocycles. The van der Waals surface area contributed by atoms with Crippen LogP contribution in [0.4, 0.5) is 0 Å². The molecule has 0 saturated heterocycles. The van der Waals surface area contributed by atoms with Gasteiger partial charge in [0.25, 0.3) is 0 Å². The molecule has 0 aromatic carbocycles. The molecule has 1 saturated carbocycles. The molecule has 0 spiro atoms. The van der Waals surface area contributed by atoms with E-state index < -0.39 is 0 Å². The van der Waals surface area contributed by atoms with E-state index >= 15 is 0 Å². The lowest BCUT2D eigenvalue weighted by Crippen LogP contribution is -1.88. The average Bonchev–Trinajstić information content (AvgIpc) is 2.63. The number of hydrogen-bond acceptors (Lipinski definition) is 0. The molecule has 2 aliphatic rings. The van der Waals surface area contributed by atoms with Crippen molar-refractivity contribution >= 4 is 6.21 Å². The Hall–Kier alpha value is -0.590. The molecule has 68 valence electrons. The van der Waals surface area contributed by atoms with Crippen LogP contribution in [-0.4, -0.2) is 17.8 Å². The summed E-state index contributed by atoms with van der Waals surface area (Å²) in [4.78, 5) is 0. The van der Waals surface area contributed by atoms with Crippen LogP contribution in [0, 0.1) is 5.92 Å². The number of allylic oxidation sites excluding steroid dienone is 1. The molecule has 0 N–H and O–H groups in total. The Balaban J connectivity index is 0.000000120. The fraction of sp³-hybridized carbons (Fsp3) is 0.727. The topological polar surface area (TPSA) is 3.01 Å². The summed E-state index contributed by atoms with van der Waals surface area (Å²) in [6.07, 6.45) is 13.4. The zero-order valence-electron chi connectivity index (χ0n) is 8.29. The second-order valence-electron chi connectivity index (χ2n) is 3.86. The fourth-order valence-electron chi connectivity index (χ4n) is 1.65. The van der Waals surface area contributed by atoms with E-state index in [1.807, 2.05) is 7.05 Å². The van der Waals surface area contributed by atoms with Crippen molar-refractivity contribution in [1.82, 2.24) is 0 Å². The summed E-state index contributed by atoms with van der Waals surface area (Å²) in [6.45, 7) is 2.34. The summed E-state index contributed by atoms with van der Waals surface area (Å²) >= 11 is 0. The maximum absolute atomic E-state index is 2.34. The van der Waals surface area contributed by atoms with Crippen molar-refractivity contribution in [3.05, 3.63) is 12.3 Å². The van der Waals surface area contributed by atoms with Gasteiger partial charge in [-0.15, -0.1) is 0 Å². The van der Waals surface area contributed by atoms with Crippen LogP contribution < -0.4 is 0 Å². The van der Waals surface area contributed by atoms with E-state index in [1.165, 1.54) is 25.7 Å². The molecule has 0 unspecified atom stereocenters. The van der Waals surface area contributed by atoms with E-state index in [-0.39, 0.29) is 0 Å². The summed E-state index contributed by atoms with van der Waals surface area (Å²) in [7, 11) is 2.03. The van der Waals surface area contributed by atoms with Crippen LogP contribution in [0.3, 0.4) is 0 Å². The van der Waals surface area contributed by atoms with Gasteiger partial charge in [-0.05, 0) is 12.0 Å². The van der Waals surface area contributed by atoms with E-state index in [2.05, 4.69) is 30.0 Å². The summed E-state index contributed by atoms with van der Waals surface area (Å²) in [5.74, 6) is 1.05. The van der Waals surface area contributed by atoms with Crippen molar-refractivity contribution in [3.63, 3.8) is 0 Å². The number of rotatable bonds is 0. The lowest BCUT2D eigenvalue weighted by molar-refractivity contribution is -0.413.